The second-order valence-electron chi connectivity index (χ2n) is 8.53. The third-order valence-corrected chi connectivity index (χ3v) is 6.30. The summed E-state index contributed by atoms with van der Waals surface area (Å²) in [6.07, 6.45) is 5.45. The average molecular weight is 432 g/mol. The second-order valence-corrected chi connectivity index (χ2v) is 8.53. The molecule has 0 spiro atoms. The average Bonchev–Trinajstić information content (AvgIpc) is 3.23. The summed E-state index contributed by atoms with van der Waals surface area (Å²) in [5.74, 6) is -0.887. The van der Waals surface area contributed by atoms with Crippen molar-refractivity contribution in [3.05, 3.63) is 122 Å². The molecule has 2 nitrogen and oxygen atoms in total. The standard InChI is InChI=1S/C28H27F2NO/c1-17(2)22(13-11-20-16-21(29)12-14-25(20)30)27(24-8-5-15-31-28(24)32)26-18(3)9-10-19-6-4-7-23(19)26/h5,8-10,12,14-16H,1,4,6-7,11,13H2,2-3H3,(H,31,32)/b27-22+. The normalized spacial score (nSPS) is 13.6. The number of aromatic amines is 1. The van der Waals surface area contributed by atoms with Crippen LogP contribution in [0.3, 0.4) is 0 Å². The summed E-state index contributed by atoms with van der Waals surface area (Å²) in [5, 5.41) is 0. The molecule has 0 aliphatic heterocycles. The minimum Gasteiger partial charge on any atom is -0.329 e. The van der Waals surface area contributed by atoms with E-state index in [9.17, 15) is 13.6 Å². The zero-order valence-electron chi connectivity index (χ0n) is 18.5. The van der Waals surface area contributed by atoms with Gasteiger partial charge in [0.05, 0.1) is 0 Å². The van der Waals surface area contributed by atoms with E-state index in [0.717, 1.165) is 59.2 Å². The topological polar surface area (TPSA) is 32.9 Å². The first-order valence-corrected chi connectivity index (χ1v) is 11.0. The van der Waals surface area contributed by atoms with Crippen LogP contribution in [0.15, 0.2) is 71.2 Å². The van der Waals surface area contributed by atoms with Crippen molar-refractivity contribution in [1.82, 2.24) is 4.98 Å². The van der Waals surface area contributed by atoms with Crippen molar-refractivity contribution in [2.24, 2.45) is 0 Å². The molecule has 0 unspecified atom stereocenters. The Balaban J connectivity index is 1.94. The zero-order valence-corrected chi connectivity index (χ0v) is 18.5. The van der Waals surface area contributed by atoms with E-state index in [2.05, 4.69) is 30.6 Å². The van der Waals surface area contributed by atoms with Gasteiger partial charge in [-0.05, 0) is 115 Å². The summed E-state index contributed by atoms with van der Waals surface area (Å²) in [4.78, 5) is 15.7. The first kappa shape index (κ1) is 21.9. The van der Waals surface area contributed by atoms with E-state index in [1.807, 2.05) is 19.1 Å². The Morgan fingerprint density at radius 1 is 1.12 bits per heavy atom. The molecular weight excluding hydrogens is 404 g/mol. The lowest BCUT2D eigenvalue weighted by Crippen LogP contribution is -2.14. The Morgan fingerprint density at radius 2 is 1.94 bits per heavy atom. The van der Waals surface area contributed by atoms with Crippen molar-refractivity contribution in [3.63, 3.8) is 0 Å². The zero-order chi connectivity index (χ0) is 22.8. The number of hydrogen-bond donors (Lipinski definition) is 1. The van der Waals surface area contributed by atoms with Crippen LogP contribution >= 0.6 is 0 Å². The molecule has 2 aromatic carbocycles. The number of fused-ring (bicyclic) bond motifs is 1. The first-order valence-electron chi connectivity index (χ1n) is 11.0. The van der Waals surface area contributed by atoms with Crippen LogP contribution in [-0.2, 0) is 19.3 Å². The molecule has 0 radical (unpaired) electrons. The third-order valence-electron chi connectivity index (χ3n) is 6.30. The van der Waals surface area contributed by atoms with Gasteiger partial charge in [-0.15, -0.1) is 0 Å². The Morgan fingerprint density at radius 3 is 2.69 bits per heavy atom. The number of aromatic nitrogens is 1. The first-order chi connectivity index (χ1) is 15.4. The summed E-state index contributed by atoms with van der Waals surface area (Å²) in [6.45, 7) is 8.17. The van der Waals surface area contributed by atoms with E-state index in [-0.39, 0.29) is 5.56 Å². The number of hydrogen-bond acceptors (Lipinski definition) is 1. The lowest BCUT2D eigenvalue weighted by atomic mass is 9.83. The Bertz CT molecular complexity index is 1280. The van der Waals surface area contributed by atoms with E-state index in [1.165, 1.54) is 17.2 Å². The number of aryl methyl sites for hydroxylation is 3. The summed E-state index contributed by atoms with van der Waals surface area (Å²) < 4.78 is 28.0. The van der Waals surface area contributed by atoms with Gasteiger partial charge in [-0.1, -0.05) is 24.3 Å². The molecule has 0 bridgehead atoms. The molecule has 0 fully saturated rings. The predicted octanol–water partition coefficient (Wildman–Crippen LogP) is 6.46. The van der Waals surface area contributed by atoms with Gasteiger partial charge in [0, 0.05) is 11.8 Å². The highest BCUT2D eigenvalue weighted by Crippen LogP contribution is 2.39. The van der Waals surface area contributed by atoms with Gasteiger partial charge < -0.3 is 4.98 Å². The molecule has 1 N–H and O–H groups in total. The maximum Gasteiger partial charge on any atom is 0.255 e. The fourth-order valence-electron chi connectivity index (χ4n) is 4.74. The van der Waals surface area contributed by atoms with Crippen molar-refractivity contribution in [2.75, 3.05) is 0 Å². The summed E-state index contributed by atoms with van der Waals surface area (Å²) in [6, 6.07) is 11.5. The van der Waals surface area contributed by atoms with Gasteiger partial charge in [0.1, 0.15) is 11.6 Å². The van der Waals surface area contributed by atoms with Gasteiger partial charge in [0.25, 0.3) is 5.56 Å². The maximum atomic E-state index is 14.3. The highest BCUT2D eigenvalue weighted by molar-refractivity contribution is 5.87. The Labute approximate surface area is 187 Å². The monoisotopic (exact) mass is 431 g/mol. The van der Waals surface area contributed by atoms with E-state index >= 15 is 0 Å². The molecule has 1 aliphatic carbocycles. The fourth-order valence-corrected chi connectivity index (χ4v) is 4.74. The van der Waals surface area contributed by atoms with Crippen LogP contribution in [0.5, 0.6) is 0 Å². The molecule has 4 heteroatoms. The largest absolute Gasteiger partial charge is 0.329 e. The number of rotatable bonds is 6. The molecule has 0 amide bonds. The Kier molecular flexibility index (Phi) is 6.22. The minimum atomic E-state index is -0.460. The van der Waals surface area contributed by atoms with Crippen LogP contribution in [0.25, 0.3) is 5.57 Å². The van der Waals surface area contributed by atoms with E-state index in [0.29, 0.717) is 24.0 Å². The SMILES string of the molecule is C=C(C)/C(CCc1cc(F)ccc1F)=C(/c1c(C)ccc2c1CCC2)c1ccc[nH]c1=O. The molecule has 164 valence electrons. The van der Waals surface area contributed by atoms with Crippen LogP contribution in [0.1, 0.15) is 53.1 Å². The van der Waals surface area contributed by atoms with Crippen molar-refractivity contribution in [2.45, 2.75) is 46.0 Å². The summed E-state index contributed by atoms with van der Waals surface area (Å²) in [5.41, 5.74) is 8.05. The number of pyridine rings is 1. The van der Waals surface area contributed by atoms with E-state index in [1.54, 1.807) is 6.20 Å². The molecule has 1 aromatic heterocycles. The van der Waals surface area contributed by atoms with Gasteiger partial charge in [-0.25, -0.2) is 8.78 Å². The van der Waals surface area contributed by atoms with Crippen LogP contribution < -0.4 is 5.56 Å². The molecule has 3 aromatic rings. The van der Waals surface area contributed by atoms with Crippen LogP contribution in [0.4, 0.5) is 8.78 Å². The van der Waals surface area contributed by atoms with Crippen LogP contribution in [0.2, 0.25) is 0 Å². The van der Waals surface area contributed by atoms with Crippen molar-refractivity contribution >= 4 is 5.57 Å². The molecule has 0 saturated carbocycles. The van der Waals surface area contributed by atoms with Gasteiger partial charge in [-0.3, -0.25) is 4.79 Å². The molecule has 1 heterocycles. The highest BCUT2D eigenvalue weighted by Gasteiger charge is 2.24. The number of allylic oxidation sites excluding steroid dienone is 2. The lowest BCUT2D eigenvalue weighted by Gasteiger charge is -2.21. The molecule has 0 atom stereocenters. The highest BCUT2D eigenvalue weighted by atomic mass is 19.1. The van der Waals surface area contributed by atoms with Crippen molar-refractivity contribution in [3.8, 4) is 0 Å². The van der Waals surface area contributed by atoms with Crippen molar-refractivity contribution < 1.29 is 8.78 Å². The lowest BCUT2D eigenvalue weighted by molar-refractivity contribution is 0.584. The van der Waals surface area contributed by atoms with Crippen LogP contribution in [-0.4, -0.2) is 4.98 Å². The third kappa shape index (κ3) is 4.22. The van der Waals surface area contributed by atoms with Gasteiger partial charge in [-0.2, -0.15) is 0 Å². The van der Waals surface area contributed by atoms with Crippen molar-refractivity contribution in [1.29, 1.82) is 0 Å². The quantitative estimate of drug-likeness (QED) is 0.446. The smallest absolute Gasteiger partial charge is 0.255 e. The van der Waals surface area contributed by atoms with E-state index in [4.69, 9.17) is 0 Å². The Hall–Kier alpha value is -3.27. The van der Waals surface area contributed by atoms with Gasteiger partial charge in [0.2, 0.25) is 0 Å². The van der Waals surface area contributed by atoms with E-state index < -0.39 is 11.6 Å². The molecule has 4 rings (SSSR count). The predicted molar refractivity (Wildman–Crippen MR) is 126 cm³/mol. The number of benzene rings is 2. The number of halogens is 2. The molecule has 1 aliphatic rings. The van der Waals surface area contributed by atoms with Gasteiger partial charge >= 0.3 is 0 Å². The fraction of sp³-hybridized carbons (Fsp3) is 0.250. The summed E-state index contributed by atoms with van der Waals surface area (Å²) >= 11 is 0. The molecule has 32 heavy (non-hydrogen) atoms. The summed E-state index contributed by atoms with van der Waals surface area (Å²) in [7, 11) is 0. The van der Waals surface area contributed by atoms with Gasteiger partial charge in [0.15, 0.2) is 0 Å². The maximum absolute atomic E-state index is 14.3. The number of H-pyrrole nitrogens is 1. The minimum absolute atomic E-state index is 0.173. The number of nitrogens with one attached hydrogen (secondary N) is 1. The van der Waals surface area contributed by atoms with Crippen LogP contribution in [0, 0.1) is 18.6 Å². The second kappa shape index (κ2) is 9.07. The molecule has 0 saturated heterocycles. The molecular formula is C28H27F2NO.